The summed E-state index contributed by atoms with van der Waals surface area (Å²) < 4.78 is 0. The minimum atomic E-state index is 1.09. The van der Waals surface area contributed by atoms with E-state index < -0.39 is 0 Å². The number of hydrogen-bond donors (Lipinski definition) is 0. The molecule has 0 aliphatic heterocycles. The first-order chi connectivity index (χ1) is 5.77. The monoisotopic (exact) mass is 163 g/mol. The Hall–Kier alpha value is -0.850. The Balaban J connectivity index is 2.89. The van der Waals surface area contributed by atoms with E-state index in [0.29, 0.717) is 0 Å². The summed E-state index contributed by atoms with van der Waals surface area (Å²) in [5, 5.41) is 0. The lowest BCUT2D eigenvalue weighted by Crippen LogP contribution is -1.94. The van der Waals surface area contributed by atoms with Crippen molar-refractivity contribution in [2.45, 2.75) is 40.0 Å². The van der Waals surface area contributed by atoms with Gasteiger partial charge in [0.15, 0.2) is 0 Å². The molecule has 0 aliphatic rings. The molecule has 12 heavy (non-hydrogen) atoms. The van der Waals surface area contributed by atoms with E-state index in [2.05, 4.69) is 31.8 Å². The van der Waals surface area contributed by atoms with Crippen LogP contribution in [0, 0.1) is 6.92 Å². The van der Waals surface area contributed by atoms with Crippen LogP contribution in [0.25, 0.3) is 0 Å². The molecular formula is C11H17N. The van der Waals surface area contributed by atoms with Crippen LogP contribution in [0.3, 0.4) is 0 Å². The molecule has 0 radical (unpaired) electrons. The second-order valence-corrected chi connectivity index (χ2v) is 3.19. The Morgan fingerprint density at radius 2 is 2.08 bits per heavy atom. The summed E-state index contributed by atoms with van der Waals surface area (Å²) in [6, 6.07) is 2.28. The zero-order valence-electron chi connectivity index (χ0n) is 8.22. The Kier molecular flexibility index (Phi) is 3.27. The highest BCUT2D eigenvalue weighted by atomic mass is 14.7. The third-order valence-corrected chi connectivity index (χ3v) is 2.17. The molecule has 0 atom stereocenters. The number of hydrogen-bond acceptors (Lipinski definition) is 1. The van der Waals surface area contributed by atoms with Gasteiger partial charge >= 0.3 is 0 Å². The first-order valence-electron chi connectivity index (χ1n) is 4.72. The maximum absolute atomic E-state index is 4.37. The van der Waals surface area contributed by atoms with E-state index >= 15 is 0 Å². The molecule has 0 N–H and O–H groups in total. The highest BCUT2D eigenvalue weighted by molar-refractivity contribution is 5.24. The van der Waals surface area contributed by atoms with Crippen molar-refractivity contribution < 1.29 is 0 Å². The van der Waals surface area contributed by atoms with Gasteiger partial charge in [0, 0.05) is 11.9 Å². The number of aromatic nitrogens is 1. The van der Waals surface area contributed by atoms with E-state index in [4.69, 9.17) is 0 Å². The SMILES string of the molecule is CCCc1cnc(C)c(CC)c1. The smallest absolute Gasteiger partial charge is 0.0404 e. The molecule has 1 heterocycles. The lowest BCUT2D eigenvalue weighted by atomic mass is 10.1. The summed E-state index contributed by atoms with van der Waals surface area (Å²) in [4.78, 5) is 4.37. The van der Waals surface area contributed by atoms with E-state index in [9.17, 15) is 0 Å². The predicted molar refractivity (Wildman–Crippen MR) is 52.3 cm³/mol. The van der Waals surface area contributed by atoms with Crippen LogP contribution in [0.4, 0.5) is 0 Å². The second kappa shape index (κ2) is 4.24. The highest BCUT2D eigenvalue weighted by Gasteiger charge is 1.98. The van der Waals surface area contributed by atoms with Gasteiger partial charge < -0.3 is 0 Å². The van der Waals surface area contributed by atoms with Gasteiger partial charge in [0.25, 0.3) is 0 Å². The standard InChI is InChI=1S/C11H17N/c1-4-6-10-7-11(5-2)9(3)12-8-10/h7-8H,4-6H2,1-3H3. The predicted octanol–water partition coefficient (Wildman–Crippen LogP) is 2.90. The molecule has 0 bridgehead atoms. The molecule has 0 amide bonds. The molecule has 0 fully saturated rings. The molecule has 0 aromatic carbocycles. The van der Waals surface area contributed by atoms with Crippen molar-refractivity contribution >= 4 is 0 Å². The highest BCUT2D eigenvalue weighted by Crippen LogP contribution is 2.10. The van der Waals surface area contributed by atoms with E-state index in [1.807, 2.05) is 6.20 Å². The minimum absolute atomic E-state index is 1.09. The molecule has 0 aliphatic carbocycles. The maximum atomic E-state index is 4.37. The first kappa shape index (κ1) is 9.24. The van der Waals surface area contributed by atoms with Gasteiger partial charge in [-0.1, -0.05) is 26.3 Å². The van der Waals surface area contributed by atoms with Crippen molar-refractivity contribution in [3.05, 3.63) is 29.1 Å². The average molecular weight is 163 g/mol. The number of pyridine rings is 1. The summed E-state index contributed by atoms with van der Waals surface area (Å²) in [5.74, 6) is 0. The number of rotatable bonds is 3. The minimum Gasteiger partial charge on any atom is -0.261 e. The summed E-state index contributed by atoms with van der Waals surface area (Å²) in [5.41, 5.74) is 3.94. The molecule has 1 aromatic rings. The summed E-state index contributed by atoms with van der Waals surface area (Å²) >= 11 is 0. The molecule has 66 valence electrons. The van der Waals surface area contributed by atoms with Gasteiger partial charge in [-0.25, -0.2) is 0 Å². The van der Waals surface area contributed by atoms with Gasteiger partial charge in [-0.2, -0.15) is 0 Å². The summed E-state index contributed by atoms with van der Waals surface area (Å²) in [6.45, 7) is 6.46. The normalized spacial score (nSPS) is 10.2. The van der Waals surface area contributed by atoms with Crippen LogP contribution in [-0.2, 0) is 12.8 Å². The first-order valence-corrected chi connectivity index (χ1v) is 4.72. The third-order valence-electron chi connectivity index (χ3n) is 2.17. The fourth-order valence-corrected chi connectivity index (χ4v) is 1.41. The average Bonchev–Trinajstić information content (AvgIpc) is 2.09. The molecule has 1 rings (SSSR count). The van der Waals surface area contributed by atoms with Gasteiger partial charge in [0.2, 0.25) is 0 Å². The molecule has 0 spiro atoms. The van der Waals surface area contributed by atoms with Crippen LogP contribution in [0.1, 0.15) is 37.1 Å². The van der Waals surface area contributed by atoms with Crippen LogP contribution >= 0.6 is 0 Å². The van der Waals surface area contributed by atoms with Crippen molar-refractivity contribution in [1.29, 1.82) is 0 Å². The van der Waals surface area contributed by atoms with Gasteiger partial charge in [-0.3, -0.25) is 4.98 Å². The van der Waals surface area contributed by atoms with Crippen molar-refractivity contribution in [2.75, 3.05) is 0 Å². The molecular weight excluding hydrogens is 146 g/mol. The van der Waals surface area contributed by atoms with Crippen molar-refractivity contribution in [1.82, 2.24) is 4.98 Å². The summed E-state index contributed by atoms with van der Waals surface area (Å²) in [7, 11) is 0. The Morgan fingerprint density at radius 3 is 2.67 bits per heavy atom. The zero-order chi connectivity index (χ0) is 8.97. The lowest BCUT2D eigenvalue weighted by Gasteiger charge is -2.04. The van der Waals surface area contributed by atoms with Crippen LogP contribution in [0.2, 0.25) is 0 Å². The molecule has 1 nitrogen and oxygen atoms in total. The Bertz CT molecular complexity index is 253. The molecule has 1 aromatic heterocycles. The Labute approximate surface area is 74.8 Å². The maximum Gasteiger partial charge on any atom is 0.0404 e. The number of nitrogens with zero attached hydrogens (tertiary/aromatic N) is 1. The molecule has 0 saturated heterocycles. The largest absolute Gasteiger partial charge is 0.261 e. The molecule has 0 unspecified atom stereocenters. The van der Waals surface area contributed by atoms with Crippen molar-refractivity contribution in [3.8, 4) is 0 Å². The van der Waals surface area contributed by atoms with Crippen LogP contribution in [0.15, 0.2) is 12.3 Å². The van der Waals surface area contributed by atoms with Crippen LogP contribution in [-0.4, -0.2) is 4.98 Å². The zero-order valence-corrected chi connectivity index (χ0v) is 8.22. The third kappa shape index (κ3) is 2.07. The van der Waals surface area contributed by atoms with Crippen LogP contribution in [0.5, 0.6) is 0 Å². The van der Waals surface area contributed by atoms with Gasteiger partial charge in [0.1, 0.15) is 0 Å². The van der Waals surface area contributed by atoms with E-state index in [0.717, 1.165) is 12.8 Å². The fraction of sp³-hybridized carbons (Fsp3) is 0.545. The second-order valence-electron chi connectivity index (χ2n) is 3.19. The van der Waals surface area contributed by atoms with Crippen LogP contribution < -0.4 is 0 Å². The van der Waals surface area contributed by atoms with Gasteiger partial charge in [-0.05, 0) is 30.9 Å². The van der Waals surface area contributed by atoms with Crippen molar-refractivity contribution in [3.63, 3.8) is 0 Å². The van der Waals surface area contributed by atoms with E-state index in [1.165, 1.54) is 23.2 Å². The fourth-order valence-electron chi connectivity index (χ4n) is 1.41. The molecule has 1 heteroatoms. The van der Waals surface area contributed by atoms with E-state index in [1.54, 1.807) is 0 Å². The quantitative estimate of drug-likeness (QED) is 0.667. The van der Waals surface area contributed by atoms with Crippen molar-refractivity contribution in [2.24, 2.45) is 0 Å². The van der Waals surface area contributed by atoms with E-state index in [-0.39, 0.29) is 0 Å². The lowest BCUT2D eigenvalue weighted by molar-refractivity contribution is 0.900. The van der Waals surface area contributed by atoms with Gasteiger partial charge in [-0.15, -0.1) is 0 Å². The number of aryl methyl sites for hydroxylation is 3. The molecule has 0 saturated carbocycles. The van der Waals surface area contributed by atoms with Gasteiger partial charge in [0.05, 0.1) is 0 Å². The Morgan fingerprint density at radius 1 is 1.33 bits per heavy atom. The topological polar surface area (TPSA) is 12.9 Å². The summed E-state index contributed by atoms with van der Waals surface area (Å²) in [6.07, 6.45) is 5.45.